The summed E-state index contributed by atoms with van der Waals surface area (Å²) in [7, 11) is 0. The first kappa shape index (κ1) is 11.3. The molecule has 2 fully saturated rings. The molecule has 0 amide bonds. The molecule has 15 heavy (non-hydrogen) atoms. The van der Waals surface area contributed by atoms with E-state index in [1.165, 1.54) is 45.2 Å². The maximum atomic E-state index is 3.51. The second-order valence-corrected chi connectivity index (χ2v) is 4.68. The molecule has 0 spiro atoms. The van der Waals surface area contributed by atoms with Crippen molar-refractivity contribution in [3.8, 4) is 0 Å². The second kappa shape index (κ2) is 6.43. The highest BCUT2D eigenvalue weighted by molar-refractivity contribution is 4.76. The molecule has 4 nitrogen and oxygen atoms in total. The fourth-order valence-electron chi connectivity index (χ4n) is 2.46. The van der Waals surface area contributed by atoms with Crippen LogP contribution in [0.25, 0.3) is 0 Å². The van der Waals surface area contributed by atoms with E-state index in [0.717, 1.165) is 19.1 Å². The fourth-order valence-corrected chi connectivity index (χ4v) is 2.46. The summed E-state index contributed by atoms with van der Waals surface area (Å²) < 4.78 is 0. The van der Waals surface area contributed by atoms with Crippen LogP contribution in [0.15, 0.2) is 0 Å². The standard InChI is InChI=1S/C11H24N4/c1-3-10(12-6-1)5-8-14-15-9-11-4-2-7-13-11/h10-15H,1-9H2. The zero-order valence-corrected chi connectivity index (χ0v) is 9.52. The molecule has 0 aliphatic carbocycles. The van der Waals surface area contributed by atoms with Crippen LogP contribution in [-0.2, 0) is 0 Å². The van der Waals surface area contributed by atoms with Gasteiger partial charge in [0.25, 0.3) is 0 Å². The summed E-state index contributed by atoms with van der Waals surface area (Å²) in [5.74, 6) is 0. The highest BCUT2D eigenvalue weighted by Gasteiger charge is 2.14. The average molecular weight is 212 g/mol. The van der Waals surface area contributed by atoms with Crippen LogP contribution in [0.5, 0.6) is 0 Å². The number of hydrogen-bond acceptors (Lipinski definition) is 4. The lowest BCUT2D eigenvalue weighted by atomic mass is 10.2. The summed E-state index contributed by atoms with van der Waals surface area (Å²) in [6.45, 7) is 4.53. The van der Waals surface area contributed by atoms with Crippen molar-refractivity contribution in [2.75, 3.05) is 26.2 Å². The lowest BCUT2D eigenvalue weighted by molar-refractivity contribution is 0.439. The maximum absolute atomic E-state index is 3.51. The quantitative estimate of drug-likeness (QED) is 0.369. The van der Waals surface area contributed by atoms with E-state index in [1.807, 2.05) is 0 Å². The van der Waals surface area contributed by atoms with Crippen LogP contribution < -0.4 is 21.5 Å². The van der Waals surface area contributed by atoms with E-state index in [4.69, 9.17) is 0 Å². The van der Waals surface area contributed by atoms with Crippen LogP contribution in [0.1, 0.15) is 32.1 Å². The molecule has 4 heteroatoms. The van der Waals surface area contributed by atoms with Crippen molar-refractivity contribution in [2.45, 2.75) is 44.2 Å². The first-order valence-electron chi connectivity index (χ1n) is 6.37. The smallest absolute Gasteiger partial charge is 0.0254 e. The molecule has 2 unspecified atom stereocenters. The van der Waals surface area contributed by atoms with Crippen LogP contribution in [0.4, 0.5) is 0 Å². The molecule has 0 bridgehead atoms. The first-order chi connectivity index (χ1) is 7.45. The van der Waals surface area contributed by atoms with Crippen LogP contribution >= 0.6 is 0 Å². The molecule has 2 saturated heterocycles. The maximum Gasteiger partial charge on any atom is 0.0254 e. The molecule has 2 aliphatic rings. The first-order valence-corrected chi connectivity index (χ1v) is 6.37. The summed E-state index contributed by atoms with van der Waals surface area (Å²) >= 11 is 0. The van der Waals surface area contributed by atoms with Crippen molar-refractivity contribution in [1.29, 1.82) is 0 Å². The van der Waals surface area contributed by atoms with Gasteiger partial charge in [-0.2, -0.15) is 0 Å². The summed E-state index contributed by atoms with van der Waals surface area (Å²) in [5, 5.41) is 6.98. The van der Waals surface area contributed by atoms with Crippen molar-refractivity contribution in [3.63, 3.8) is 0 Å². The minimum absolute atomic E-state index is 0.683. The van der Waals surface area contributed by atoms with Gasteiger partial charge in [0.2, 0.25) is 0 Å². The number of rotatable bonds is 6. The van der Waals surface area contributed by atoms with E-state index >= 15 is 0 Å². The van der Waals surface area contributed by atoms with E-state index in [-0.39, 0.29) is 0 Å². The largest absolute Gasteiger partial charge is 0.314 e. The Morgan fingerprint density at radius 3 is 2.33 bits per heavy atom. The summed E-state index contributed by atoms with van der Waals surface area (Å²) in [6.07, 6.45) is 6.60. The number of hydrogen-bond donors (Lipinski definition) is 4. The molecular formula is C11H24N4. The van der Waals surface area contributed by atoms with Gasteiger partial charge in [0.1, 0.15) is 0 Å². The Morgan fingerprint density at radius 2 is 1.67 bits per heavy atom. The van der Waals surface area contributed by atoms with Gasteiger partial charge >= 0.3 is 0 Å². The third-order valence-corrected chi connectivity index (χ3v) is 3.42. The minimum Gasteiger partial charge on any atom is -0.314 e. The van der Waals surface area contributed by atoms with Crippen molar-refractivity contribution < 1.29 is 0 Å². The van der Waals surface area contributed by atoms with Crippen LogP contribution in [0, 0.1) is 0 Å². The Morgan fingerprint density at radius 1 is 0.933 bits per heavy atom. The molecule has 0 saturated carbocycles. The van der Waals surface area contributed by atoms with Gasteiger partial charge < -0.3 is 10.6 Å². The fraction of sp³-hybridized carbons (Fsp3) is 1.00. The predicted molar refractivity (Wildman–Crippen MR) is 62.7 cm³/mol. The monoisotopic (exact) mass is 212 g/mol. The van der Waals surface area contributed by atoms with Crippen molar-refractivity contribution in [1.82, 2.24) is 21.5 Å². The van der Waals surface area contributed by atoms with Crippen LogP contribution in [0.2, 0.25) is 0 Å². The van der Waals surface area contributed by atoms with Gasteiger partial charge in [-0.15, -0.1) is 0 Å². The molecule has 0 aromatic carbocycles. The Labute approximate surface area is 92.5 Å². The van der Waals surface area contributed by atoms with Crippen molar-refractivity contribution in [2.24, 2.45) is 0 Å². The lowest BCUT2D eigenvalue weighted by Crippen LogP contribution is -2.42. The molecule has 0 radical (unpaired) electrons. The Balaban J connectivity index is 1.41. The summed E-state index contributed by atoms with van der Waals surface area (Å²) in [5.41, 5.74) is 6.62. The molecular weight excluding hydrogens is 188 g/mol. The minimum atomic E-state index is 0.683. The van der Waals surface area contributed by atoms with Gasteiger partial charge in [-0.1, -0.05) is 0 Å². The third-order valence-electron chi connectivity index (χ3n) is 3.42. The van der Waals surface area contributed by atoms with E-state index in [9.17, 15) is 0 Å². The SMILES string of the molecule is C1CNC(CCNNCC2CCCN2)C1. The van der Waals surface area contributed by atoms with E-state index in [0.29, 0.717) is 6.04 Å². The van der Waals surface area contributed by atoms with Gasteiger partial charge in [0, 0.05) is 25.2 Å². The predicted octanol–water partition coefficient (Wildman–Crippen LogP) is -0.0253. The Bertz CT molecular complexity index is 144. The van der Waals surface area contributed by atoms with Gasteiger partial charge in [-0.25, -0.2) is 0 Å². The molecule has 2 rings (SSSR count). The Hall–Kier alpha value is -0.160. The molecule has 88 valence electrons. The molecule has 4 N–H and O–H groups in total. The highest BCUT2D eigenvalue weighted by Crippen LogP contribution is 2.07. The van der Waals surface area contributed by atoms with Gasteiger partial charge in [-0.05, 0) is 45.2 Å². The zero-order valence-electron chi connectivity index (χ0n) is 9.52. The van der Waals surface area contributed by atoms with Crippen LogP contribution in [-0.4, -0.2) is 38.3 Å². The van der Waals surface area contributed by atoms with Crippen LogP contribution in [0.3, 0.4) is 0 Å². The topological polar surface area (TPSA) is 48.1 Å². The normalized spacial score (nSPS) is 31.2. The molecule has 0 aromatic heterocycles. The average Bonchev–Trinajstić information content (AvgIpc) is 2.88. The zero-order chi connectivity index (χ0) is 10.3. The number of nitrogens with one attached hydrogen (secondary N) is 4. The third kappa shape index (κ3) is 4.07. The summed E-state index contributed by atoms with van der Waals surface area (Å²) in [4.78, 5) is 0. The highest BCUT2D eigenvalue weighted by atomic mass is 15.4. The number of hydrazine groups is 1. The second-order valence-electron chi connectivity index (χ2n) is 4.68. The Kier molecular flexibility index (Phi) is 4.86. The van der Waals surface area contributed by atoms with E-state index in [1.54, 1.807) is 0 Å². The molecule has 2 atom stereocenters. The van der Waals surface area contributed by atoms with E-state index in [2.05, 4.69) is 21.5 Å². The molecule has 2 heterocycles. The van der Waals surface area contributed by atoms with Gasteiger partial charge in [0.05, 0.1) is 0 Å². The van der Waals surface area contributed by atoms with E-state index < -0.39 is 0 Å². The summed E-state index contributed by atoms with van der Waals surface area (Å²) in [6, 6.07) is 1.44. The van der Waals surface area contributed by atoms with Gasteiger partial charge in [0.15, 0.2) is 0 Å². The van der Waals surface area contributed by atoms with Crippen molar-refractivity contribution in [3.05, 3.63) is 0 Å². The van der Waals surface area contributed by atoms with Gasteiger partial charge in [-0.3, -0.25) is 10.9 Å². The lowest BCUT2D eigenvalue weighted by Gasteiger charge is -2.14. The van der Waals surface area contributed by atoms with Crippen molar-refractivity contribution >= 4 is 0 Å². The molecule has 0 aromatic rings. The molecule has 2 aliphatic heterocycles.